The summed E-state index contributed by atoms with van der Waals surface area (Å²) in [5, 5.41) is 16.5. The van der Waals surface area contributed by atoms with Crippen molar-refractivity contribution in [2.45, 2.75) is 90.6 Å². The predicted octanol–water partition coefficient (Wildman–Crippen LogP) is 5.65. The maximum Gasteiger partial charge on any atom is 0.408 e. The number of aliphatic carboxylic acids is 1. The molecule has 1 unspecified atom stereocenters. The molecule has 11 heteroatoms. The molecule has 2 aromatic carbocycles. The first kappa shape index (κ1) is 35.5. The van der Waals surface area contributed by atoms with E-state index in [9.17, 15) is 19.5 Å². The number of rotatable bonds is 13. The van der Waals surface area contributed by atoms with E-state index in [2.05, 4.69) is 10.6 Å². The third-order valence-corrected chi connectivity index (χ3v) is 8.08. The standard InChI is InChI=1S/C36H48N4O7/c1-8-12-28(34(42)43)37-20-24-17-26(21-40(24)33(41)32(22(2)3)39-35(44)47-36(4,5)6)46-31-19-29(23-13-10-9-11-14-23)38-30-18-25(45-7)15-16-27(30)31/h9-11,13-16,18-19,22,24,26,28,32,37H,8,12,17,20-21H2,1-7H3,(H,39,44)(H,42,43)/t24-,26+,28-,32?/m0/s1. The SMILES string of the molecule is CCC[C@H](NC[C@@H]1C[C@@H](Oc2cc(-c3ccccc3)nc3cc(OC)ccc23)CN1C(=O)C(NC(=O)OC(C)(C)C)C(C)C)C(=O)O. The maximum absolute atomic E-state index is 14.2. The number of nitrogens with one attached hydrogen (secondary N) is 2. The third-order valence-electron chi connectivity index (χ3n) is 8.08. The maximum atomic E-state index is 14.2. The lowest BCUT2D eigenvalue weighted by Crippen LogP contribution is -2.55. The quantitative estimate of drug-likeness (QED) is 0.215. The summed E-state index contributed by atoms with van der Waals surface area (Å²) in [5.41, 5.74) is 1.64. The van der Waals surface area contributed by atoms with Gasteiger partial charge in [-0.3, -0.25) is 9.59 Å². The summed E-state index contributed by atoms with van der Waals surface area (Å²) in [4.78, 5) is 45.4. The average Bonchev–Trinajstić information content (AvgIpc) is 3.42. The molecule has 1 aromatic heterocycles. The van der Waals surface area contributed by atoms with Crippen LogP contribution in [0.3, 0.4) is 0 Å². The Hall–Kier alpha value is -4.38. The van der Waals surface area contributed by atoms with Gasteiger partial charge in [0, 0.05) is 42.1 Å². The number of amides is 2. The van der Waals surface area contributed by atoms with E-state index < -0.39 is 35.9 Å². The number of aromatic nitrogens is 1. The monoisotopic (exact) mass is 648 g/mol. The average molecular weight is 649 g/mol. The van der Waals surface area contributed by atoms with Gasteiger partial charge in [0.15, 0.2) is 0 Å². The van der Waals surface area contributed by atoms with Crippen LogP contribution < -0.4 is 20.1 Å². The second kappa shape index (κ2) is 15.5. The third kappa shape index (κ3) is 9.34. The summed E-state index contributed by atoms with van der Waals surface area (Å²) in [6.07, 6.45) is 0.523. The highest BCUT2D eigenvalue weighted by molar-refractivity contribution is 5.89. The minimum Gasteiger partial charge on any atom is -0.497 e. The van der Waals surface area contributed by atoms with Crippen LogP contribution in [-0.4, -0.2) is 83.0 Å². The van der Waals surface area contributed by atoms with Crippen molar-refractivity contribution in [3.63, 3.8) is 0 Å². The number of carboxylic acid groups (broad SMARTS) is 1. The number of hydrogen-bond acceptors (Lipinski definition) is 8. The smallest absolute Gasteiger partial charge is 0.408 e. The lowest BCUT2D eigenvalue weighted by molar-refractivity contribution is -0.139. The number of pyridine rings is 1. The predicted molar refractivity (Wildman–Crippen MR) is 181 cm³/mol. The van der Waals surface area contributed by atoms with Gasteiger partial charge in [0.1, 0.15) is 35.3 Å². The first-order valence-electron chi connectivity index (χ1n) is 16.3. The number of carboxylic acids is 1. The summed E-state index contributed by atoms with van der Waals surface area (Å²) < 4.78 is 17.6. The van der Waals surface area contributed by atoms with Crippen molar-refractivity contribution in [1.82, 2.24) is 20.5 Å². The molecule has 0 spiro atoms. The van der Waals surface area contributed by atoms with Crippen molar-refractivity contribution in [2.24, 2.45) is 5.92 Å². The summed E-state index contributed by atoms with van der Waals surface area (Å²) >= 11 is 0. The Balaban J connectivity index is 1.66. The molecule has 3 N–H and O–H groups in total. The summed E-state index contributed by atoms with van der Waals surface area (Å²) in [6.45, 7) is 11.4. The largest absolute Gasteiger partial charge is 0.497 e. The Morgan fingerprint density at radius 3 is 2.43 bits per heavy atom. The van der Waals surface area contributed by atoms with Crippen LogP contribution in [0.15, 0.2) is 54.6 Å². The van der Waals surface area contributed by atoms with Gasteiger partial charge in [-0.15, -0.1) is 0 Å². The van der Waals surface area contributed by atoms with E-state index >= 15 is 0 Å². The fourth-order valence-electron chi connectivity index (χ4n) is 5.77. The molecule has 3 aromatic rings. The number of alkyl carbamates (subject to hydrolysis) is 1. The minimum atomic E-state index is -0.936. The molecule has 1 fully saturated rings. The lowest BCUT2D eigenvalue weighted by atomic mass is 10.0. The fraction of sp³-hybridized carbons (Fsp3) is 0.500. The molecule has 11 nitrogen and oxygen atoms in total. The van der Waals surface area contributed by atoms with Crippen molar-refractivity contribution in [2.75, 3.05) is 20.2 Å². The number of hydrogen-bond donors (Lipinski definition) is 3. The number of nitrogens with zero attached hydrogens (tertiary/aromatic N) is 2. The molecule has 0 radical (unpaired) electrons. The van der Waals surface area contributed by atoms with Crippen LogP contribution in [0.25, 0.3) is 22.2 Å². The molecular weight excluding hydrogens is 600 g/mol. The van der Waals surface area contributed by atoms with Crippen molar-refractivity contribution >= 4 is 28.9 Å². The number of ether oxygens (including phenoxy) is 3. The number of methoxy groups -OCH3 is 1. The Kier molecular flexibility index (Phi) is 11.7. The molecule has 1 saturated heterocycles. The van der Waals surface area contributed by atoms with Crippen LogP contribution in [0.2, 0.25) is 0 Å². The van der Waals surface area contributed by atoms with Gasteiger partial charge in [-0.25, -0.2) is 9.78 Å². The zero-order chi connectivity index (χ0) is 34.3. The highest BCUT2D eigenvalue weighted by Crippen LogP contribution is 2.34. The van der Waals surface area contributed by atoms with Gasteiger partial charge in [0.25, 0.3) is 0 Å². The summed E-state index contributed by atoms with van der Waals surface area (Å²) in [6, 6.07) is 15.4. The van der Waals surface area contributed by atoms with E-state index in [1.54, 1.807) is 32.8 Å². The molecule has 1 aliphatic rings. The molecule has 47 heavy (non-hydrogen) atoms. The molecule has 4 rings (SSSR count). The molecule has 0 saturated carbocycles. The molecule has 2 heterocycles. The molecule has 4 atom stereocenters. The number of likely N-dealkylation sites (tertiary alicyclic amines) is 1. The topological polar surface area (TPSA) is 139 Å². The number of carbonyl (C=O) groups is 3. The Morgan fingerprint density at radius 2 is 1.81 bits per heavy atom. The van der Waals surface area contributed by atoms with Crippen molar-refractivity contribution < 1.29 is 33.7 Å². The second-order valence-corrected chi connectivity index (χ2v) is 13.3. The molecule has 0 bridgehead atoms. The van der Waals surface area contributed by atoms with E-state index in [0.717, 1.165) is 16.6 Å². The number of carbonyl (C=O) groups excluding carboxylic acids is 2. The van der Waals surface area contributed by atoms with Crippen LogP contribution in [-0.2, 0) is 14.3 Å². The number of fused-ring (bicyclic) bond motifs is 1. The first-order valence-corrected chi connectivity index (χ1v) is 16.3. The van der Waals surface area contributed by atoms with Crippen LogP contribution >= 0.6 is 0 Å². The van der Waals surface area contributed by atoms with Gasteiger partial charge in [-0.1, -0.05) is 57.5 Å². The zero-order valence-electron chi connectivity index (χ0n) is 28.4. The van der Waals surface area contributed by atoms with Crippen LogP contribution in [0.5, 0.6) is 11.5 Å². The molecule has 2 amide bonds. The van der Waals surface area contributed by atoms with E-state index in [1.165, 1.54) is 0 Å². The van der Waals surface area contributed by atoms with Crippen LogP contribution in [0, 0.1) is 5.92 Å². The summed E-state index contributed by atoms with van der Waals surface area (Å²) in [7, 11) is 1.61. The van der Waals surface area contributed by atoms with Gasteiger partial charge in [-0.05, 0) is 45.2 Å². The van der Waals surface area contributed by atoms with Gasteiger partial charge < -0.3 is 34.9 Å². The summed E-state index contributed by atoms with van der Waals surface area (Å²) in [5.74, 6) is -0.163. The van der Waals surface area contributed by atoms with Crippen molar-refractivity contribution in [1.29, 1.82) is 0 Å². The fourth-order valence-corrected chi connectivity index (χ4v) is 5.77. The van der Waals surface area contributed by atoms with Crippen molar-refractivity contribution in [3.8, 4) is 22.8 Å². The van der Waals surface area contributed by atoms with Gasteiger partial charge in [0.05, 0.1) is 24.9 Å². The second-order valence-electron chi connectivity index (χ2n) is 13.3. The lowest BCUT2D eigenvalue weighted by Gasteiger charge is -2.32. The van der Waals surface area contributed by atoms with Crippen LogP contribution in [0.4, 0.5) is 4.79 Å². The normalized spacial score (nSPS) is 17.7. The van der Waals surface area contributed by atoms with E-state index in [1.807, 2.05) is 75.4 Å². The number of benzene rings is 2. The molecule has 0 aliphatic carbocycles. The molecule has 254 valence electrons. The highest BCUT2D eigenvalue weighted by Gasteiger charge is 2.41. The minimum absolute atomic E-state index is 0.233. The van der Waals surface area contributed by atoms with E-state index in [0.29, 0.717) is 36.3 Å². The Bertz CT molecular complexity index is 1540. The first-order chi connectivity index (χ1) is 22.3. The molecular formula is C36H48N4O7. The van der Waals surface area contributed by atoms with E-state index in [-0.39, 0.29) is 31.0 Å². The molecule has 1 aliphatic heterocycles. The van der Waals surface area contributed by atoms with Gasteiger partial charge in [-0.2, -0.15) is 0 Å². The van der Waals surface area contributed by atoms with Crippen molar-refractivity contribution in [3.05, 3.63) is 54.6 Å². The van der Waals surface area contributed by atoms with Gasteiger partial charge in [0.2, 0.25) is 5.91 Å². The Morgan fingerprint density at radius 1 is 1.09 bits per heavy atom. The highest BCUT2D eigenvalue weighted by atomic mass is 16.6. The van der Waals surface area contributed by atoms with Gasteiger partial charge >= 0.3 is 12.1 Å². The zero-order valence-corrected chi connectivity index (χ0v) is 28.4. The van der Waals surface area contributed by atoms with Crippen LogP contribution in [0.1, 0.15) is 60.8 Å². The Labute approximate surface area is 277 Å². The van der Waals surface area contributed by atoms with E-state index in [4.69, 9.17) is 19.2 Å².